The van der Waals surface area contributed by atoms with Crippen LogP contribution in [0.2, 0.25) is 0 Å². The number of hydrogen-bond donors (Lipinski definition) is 2. The van der Waals surface area contributed by atoms with Crippen LogP contribution in [0.25, 0.3) is 0 Å². The summed E-state index contributed by atoms with van der Waals surface area (Å²) in [5.74, 6) is -0.688. The van der Waals surface area contributed by atoms with Crippen molar-refractivity contribution in [3.63, 3.8) is 0 Å². The molecule has 92 valence electrons. The first kappa shape index (κ1) is 13.3. The number of nitrogens with one attached hydrogen (secondary N) is 1. The van der Waals surface area contributed by atoms with E-state index >= 15 is 0 Å². The minimum Gasteiger partial charge on any atom is -0.478 e. The maximum Gasteiger partial charge on any atom is 0.339 e. The Hall–Kier alpha value is -1.15. The van der Waals surface area contributed by atoms with Crippen LogP contribution >= 0.6 is 38.5 Å². The number of benzene rings is 1. The molecule has 18 heavy (non-hydrogen) atoms. The Morgan fingerprint density at radius 3 is 2.78 bits per heavy atom. The quantitative estimate of drug-likeness (QED) is 0.742. The molecule has 2 aromatic rings. The fourth-order valence-corrected chi connectivity index (χ4v) is 2.25. The highest BCUT2D eigenvalue weighted by Crippen LogP contribution is 2.25. The molecule has 0 bridgehead atoms. The maximum absolute atomic E-state index is 11.1. The van der Waals surface area contributed by atoms with Gasteiger partial charge in [0.25, 0.3) is 0 Å². The molecule has 0 unspecified atom stereocenters. The lowest BCUT2D eigenvalue weighted by atomic mass is 10.2. The van der Waals surface area contributed by atoms with E-state index in [4.69, 9.17) is 5.11 Å². The van der Waals surface area contributed by atoms with E-state index in [0.29, 0.717) is 10.3 Å². The van der Waals surface area contributed by atoms with Gasteiger partial charge < -0.3 is 10.4 Å². The highest BCUT2D eigenvalue weighted by molar-refractivity contribution is 14.1. The second-order valence-electron chi connectivity index (χ2n) is 3.46. The Morgan fingerprint density at radius 2 is 2.11 bits per heavy atom. The molecule has 1 aromatic carbocycles. The zero-order valence-corrected chi connectivity index (χ0v) is 12.8. The van der Waals surface area contributed by atoms with Gasteiger partial charge in [-0.2, -0.15) is 0 Å². The third-order valence-electron chi connectivity index (χ3n) is 2.21. The van der Waals surface area contributed by atoms with E-state index in [1.807, 2.05) is 24.3 Å². The molecule has 1 aromatic heterocycles. The fraction of sp³-hybridized carbons (Fsp3) is 0. The molecule has 0 spiro atoms. The van der Waals surface area contributed by atoms with Crippen LogP contribution in [0.5, 0.6) is 0 Å². The summed E-state index contributed by atoms with van der Waals surface area (Å²) in [7, 11) is 0. The van der Waals surface area contributed by atoms with Crippen molar-refractivity contribution < 1.29 is 9.90 Å². The van der Waals surface area contributed by atoms with Crippen LogP contribution in [0.15, 0.2) is 41.0 Å². The number of carbonyl (C=O) groups is 1. The lowest BCUT2D eigenvalue weighted by Crippen LogP contribution is -2.05. The van der Waals surface area contributed by atoms with E-state index in [-0.39, 0.29) is 5.56 Å². The lowest BCUT2D eigenvalue weighted by Gasteiger charge is -2.10. The van der Waals surface area contributed by atoms with Crippen LogP contribution in [0.4, 0.5) is 11.5 Å². The normalized spacial score (nSPS) is 10.1. The largest absolute Gasteiger partial charge is 0.478 e. The number of aromatic nitrogens is 1. The zero-order valence-electron chi connectivity index (χ0n) is 9.02. The van der Waals surface area contributed by atoms with E-state index in [1.54, 1.807) is 6.20 Å². The fourth-order valence-electron chi connectivity index (χ4n) is 1.39. The molecule has 0 saturated carbocycles. The number of carboxylic acids is 1. The highest BCUT2D eigenvalue weighted by atomic mass is 127. The van der Waals surface area contributed by atoms with Gasteiger partial charge in [0.05, 0.1) is 5.69 Å². The number of anilines is 2. The van der Waals surface area contributed by atoms with E-state index in [9.17, 15) is 4.79 Å². The summed E-state index contributed by atoms with van der Waals surface area (Å²) in [5, 5.41) is 12.2. The summed E-state index contributed by atoms with van der Waals surface area (Å²) in [6, 6.07) is 9.12. The maximum atomic E-state index is 11.1. The number of pyridine rings is 1. The Morgan fingerprint density at radius 1 is 1.39 bits per heavy atom. The van der Waals surface area contributed by atoms with Crippen LogP contribution in [-0.4, -0.2) is 16.1 Å². The Labute approximate surface area is 126 Å². The predicted molar refractivity (Wildman–Crippen MR) is 81.3 cm³/mol. The molecule has 0 aliphatic rings. The average Bonchev–Trinajstić information content (AvgIpc) is 2.34. The van der Waals surface area contributed by atoms with Crippen LogP contribution in [0.3, 0.4) is 0 Å². The lowest BCUT2D eigenvalue weighted by molar-refractivity contribution is 0.0697. The third-order valence-corrected chi connectivity index (χ3v) is 3.59. The Bertz CT molecular complexity index is 604. The van der Waals surface area contributed by atoms with E-state index in [2.05, 4.69) is 48.8 Å². The SMILES string of the molecule is O=C(O)c1cc(Br)cnc1Nc1ccccc1I. The molecule has 0 fully saturated rings. The number of para-hydroxylation sites is 1. The topological polar surface area (TPSA) is 62.2 Å². The van der Waals surface area contributed by atoms with Crippen LogP contribution in [0.1, 0.15) is 10.4 Å². The molecule has 0 radical (unpaired) electrons. The molecule has 1 heterocycles. The molecule has 0 amide bonds. The molecular formula is C12H8BrIN2O2. The number of nitrogens with zero attached hydrogens (tertiary/aromatic N) is 1. The Balaban J connectivity index is 2.41. The molecule has 0 saturated heterocycles. The first-order valence-electron chi connectivity index (χ1n) is 4.98. The first-order valence-corrected chi connectivity index (χ1v) is 6.85. The molecule has 0 aliphatic carbocycles. The van der Waals surface area contributed by atoms with Crippen molar-refractivity contribution in [3.8, 4) is 0 Å². The summed E-state index contributed by atoms with van der Waals surface area (Å²) in [6.45, 7) is 0. The van der Waals surface area contributed by atoms with Gasteiger partial charge in [-0.1, -0.05) is 12.1 Å². The average molecular weight is 419 g/mol. The van der Waals surface area contributed by atoms with Gasteiger partial charge in [0.2, 0.25) is 0 Å². The second-order valence-corrected chi connectivity index (χ2v) is 5.54. The van der Waals surface area contributed by atoms with Crippen molar-refractivity contribution in [1.29, 1.82) is 0 Å². The first-order chi connectivity index (χ1) is 8.58. The van der Waals surface area contributed by atoms with Crippen molar-refractivity contribution in [2.24, 2.45) is 0 Å². The van der Waals surface area contributed by atoms with Crippen molar-refractivity contribution in [3.05, 3.63) is 50.1 Å². The van der Waals surface area contributed by atoms with E-state index in [1.165, 1.54) is 6.07 Å². The summed E-state index contributed by atoms with van der Waals surface area (Å²) in [4.78, 5) is 15.2. The van der Waals surface area contributed by atoms with Gasteiger partial charge in [0, 0.05) is 14.2 Å². The second kappa shape index (κ2) is 5.66. The number of aromatic carboxylic acids is 1. The van der Waals surface area contributed by atoms with Gasteiger partial charge in [0.1, 0.15) is 11.4 Å². The monoisotopic (exact) mass is 418 g/mol. The molecule has 0 aliphatic heterocycles. The van der Waals surface area contributed by atoms with Crippen molar-refractivity contribution in [2.75, 3.05) is 5.32 Å². The number of carboxylic acid groups (broad SMARTS) is 1. The molecule has 2 N–H and O–H groups in total. The van der Waals surface area contributed by atoms with Crippen molar-refractivity contribution in [2.45, 2.75) is 0 Å². The van der Waals surface area contributed by atoms with Crippen molar-refractivity contribution in [1.82, 2.24) is 4.98 Å². The molecule has 6 heteroatoms. The Kier molecular flexibility index (Phi) is 4.18. The standard InChI is InChI=1S/C12H8BrIN2O2/c13-7-5-8(12(17)18)11(15-6-7)16-10-4-2-1-3-9(10)14/h1-6H,(H,15,16)(H,17,18). The third kappa shape index (κ3) is 2.99. The minimum absolute atomic E-state index is 0.129. The van der Waals surface area contributed by atoms with E-state index in [0.717, 1.165) is 9.26 Å². The summed E-state index contributed by atoms with van der Waals surface area (Å²) in [6.07, 6.45) is 1.56. The zero-order chi connectivity index (χ0) is 13.1. The van der Waals surface area contributed by atoms with Gasteiger partial charge in [-0.25, -0.2) is 9.78 Å². The van der Waals surface area contributed by atoms with E-state index < -0.39 is 5.97 Å². The molecular weight excluding hydrogens is 411 g/mol. The summed E-state index contributed by atoms with van der Waals surface area (Å²) < 4.78 is 1.63. The van der Waals surface area contributed by atoms with Gasteiger partial charge in [-0.15, -0.1) is 0 Å². The van der Waals surface area contributed by atoms with Crippen LogP contribution in [-0.2, 0) is 0 Å². The van der Waals surface area contributed by atoms with Crippen molar-refractivity contribution >= 4 is 56.0 Å². The summed E-state index contributed by atoms with van der Waals surface area (Å²) in [5.41, 5.74) is 0.958. The van der Waals surface area contributed by atoms with Gasteiger partial charge in [0.15, 0.2) is 0 Å². The van der Waals surface area contributed by atoms with Gasteiger partial charge in [-0.3, -0.25) is 0 Å². The predicted octanol–water partition coefficient (Wildman–Crippen LogP) is 3.89. The summed E-state index contributed by atoms with van der Waals surface area (Å²) >= 11 is 5.39. The van der Waals surface area contributed by atoms with Crippen LogP contribution in [0, 0.1) is 3.57 Å². The number of hydrogen-bond acceptors (Lipinski definition) is 3. The van der Waals surface area contributed by atoms with Gasteiger partial charge in [-0.05, 0) is 56.7 Å². The van der Waals surface area contributed by atoms with Gasteiger partial charge >= 0.3 is 5.97 Å². The number of rotatable bonds is 3. The van der Waals surface area contributed by atoms with Crippen LogP contribution < -0.4 is 5.32 Å². The smallest absolute Gasteiger partial charge is 0.339 e. The molecule has 0 atom stereocenters. The number of halogens is 2. The highest BCUT2D eigenvalue weighted by Gasteiger charge is 2.13. The molecule has 2 rings (SSSR count). The minimum atomic E-state index is -1.02. The molecule has 4 nitrogen and oxygen atoms in total.